The quantitative estimate of drug-likeness (QED) is 0.678. The van der Waals surface area contributed by atoms with Crippen molar-refractivity contribution >= 4 is 5.97 Å². The first-order chi connectivity index (χ1) is 6.20. The summed E-state index contributed by atoms with van der Waals surface area (Å²) in [6.45, 7) is 9.30. The second kappa shape index (κ2) is 10.7. The van der Waals surface area contributed by atoms with Crippen molar-refractivity contribution in [1.29, 1.82) is 0 Å². The standard InChI is InChI=1S/C9H12O2.C2H6/c1-3-5-6-8(4-2)7-9(10)11;1-2/h3-6H,1,7H2,2H3,(H,10,11);1-2H3/b6-5-,8-4+;. The van der Waals surface area contributed by atoms with Crippen molar-refractivity contribution < 1.29 is 9.90 Å². The third-order valence-corrected chi connectivity index (χ3v) is 1.17. The SMILES string of the molecule is C=C/C=C\C(=C/C)CC(=O)O.CC. The largest absolute Gasteiger partial charge is 0.481 e. The normalized spacial score (nSPS) is 10.5. The van der Waals surface area contributed by atoms with Gasteiger partial charge in [-0.3, -0.25) is 4.79 Å². The topological polar surface area (TPSA) is 37.3 Å². The lowest BCUT2D eigenvalue weighted by molar-refractivity contribution is -0.136. The molecule has 0 aliphatic carbocycles. The van der Waals surface area contributed by atoms with Crippen molar-refractivity contribution in [2.75, 3.05) is 0 Å². The molecule has 74 valence electrons. The fourth-order valence-corrected chi connectivity index (χ4v) is 0.623. The molecule has 0 saturated heterocycles. The molecule has 0 heterocycles. The van der Waals surface area contributed by atoms with Crippen molar-refractivity contribution in [3.8, 4) is 0 Å². The van der Waals surface area contributed by atoms with Crippen molar-refractivity contribution in [2.45, 2.75) is 27.2 Å². The molecular weight excluding hydrogens is 164 g/mol. The van der Waals surface area contributed by atoms with Crippen molar-refractivity contribution in [1.82, 2.24) is 0 Å². The number of aliphatic carboxylic acids is 1. The van der Waals surface area contributed by atoms with Crippen LogP contribution in [-0.4, -0.2) is 11.1 Å². The molecule has 0 fully saturated rings. The van der Waals surface area contributed by atoms with Crippen molar-refractivity contribution in [3.63, 3.8) is 0 Å². The van der Waals surface area contributed by atoms with Gasteiger partial charge in [0.2, 0.25) is 0 Å². The summed E-state index contributed by atoms with van der Waals surface area (Å²) < 4.78 is 0. The van der Waals surface area contributed by atoms with E-state index in [4.69, 9.17) is 5.11 Å². The van der Waals surface area contributed by atoms with Crippen LogP contribution in [0, 0.1) is 0 Å². The van der Waals surface area contributed by atoms with Crippen LogP contribution in [0.2, 0.25) is 0 Å². The van der Waals surface area contributed by atoms with Gasteiger partial charge in [-0.15, -0.1) is 0 Å². The molecule has 0 bridgehead atoms. The number of hydrogen-bond acceptors (Lipinski definition) is 1. The fourth-order valence-electron chi connectivity index (χ4n) is 0.623. The zero-order valence-electron chi connectivity index (χ0n) is 8.58. The lowest BCUT2D eigenvalue weighted by atomic mass is 10.1. The summed E-state index contributed by atoms with van der Waals surface area (Å²) in [5.74, 6) is -0.813. The summed E-state index contributed by atoms with van der Waals surface area (Å²) in [5, 5.41) is 8.41. The second-order valence-corrected chi connectivity index (χ2v) is 2.03. The van der Waals surface area contributed by atoms with Gasteiger partial charge in [0, 0.05) is 0 Å². The van der Waals surface area contributed by atoms with Crippen LogP contribution in [-0.2, 0) is 4.79 Å². The smallest absolute Gasteiger partial charge is 0.307 e. The molecule has 2 nitrogen and oxygen atoms in total. The second-order valence-electron chi connectivity index (χ2n) is 2.03. The Labute approximate surface area is 80.3 Å². The van der Waals surface area contributed by atoms with E-state index in [9.17, 15) is 4.79 Å². The van der Waals surface area contributed by atoms with E-state index in [2.05, 4.69) is 6.58 Å². The van der Waals surface area contributed by atoms with Crippen LogP contribution in [0.3, 0.4) is 0 Å². The predicted molar refractivity (Wildman–Crippen MR) is 56.7 cm³/mol. The summed E-state index contributed by atoms with van der Waals surface area (Å²) in [5.41, 5.74) is 0.789. The maximum atomic E-state index is 10.2. The third-order valence-electron chi connectivity index (χ3n) is 1.17. The average Bonchev–Trinajstić information content (AvgIpc) is 2.15. The summed E-state index contributed by atoms with van der Waals surface area (Å²) in [6.07, 6.45) is 6.92. The van der Waals surface area contributed by atoms with Gasteiger partial charge in [-0.1, -0.05) is 44.7 Å². The van der Waals surface area contributed by atoms with Crippen molar-refractivity contribution in [3.05, 3.63) is 36.5 Å². The van der Waals surface area contributed by atoms with Crippen molar-refractivity contribution in [2.24, 2.45) is 0 Å². The van der Waals surface area contributed by atoms with Gasteiger partial charge >= 0.3 is 5.97 Å². The van der Waals surface area contributed by atoms with Gasteiger partial charge in [-0.25, -0.2) is 0 Å². The molecule has 0 unspecified atom stereocenters. The molecular formula is C11H18O2. The number of carboxylic acid groups (broad SMARTS) is 1. The Morgan fingerprint density at radius 3 is 2.31 bits per heavy atom. The first-order valence-electron chi connectivity index (χ1n) is 4.36. The highest BCUT2D eigenvalue weighted by atomic mass is 16.4. The Bertz CT molecular complexity index is 200. The minimum Gasteiger partial charge on any atom is -0.481 e. The Morgan fingerprint density at radius 2 is 2.00 bits per heavy atom. The molecule has 0 aromatic rings. The predicted octanol–water partition coefficient (Wildman–Crippen LogP) is 3.18. The molecule has 0 radical (unpaired) electrons. The van der Waals surface area contributed by atoms with Gasteiger partial charge in [0.05, 0.1) is 6.42 Å². The Morgan fingerprint density at radius 1 is 1.46 bits per heavy atom. The molecule has 0 amide bonds. The maximum Gasteiger partial charge on any atom is 0.307 e. The molecule has 0 rings (SSSR count). The zero-order valence-corrected chi connectivity index (χ0v) is 8.58. The highest BCUT2D eigenvalue weighted by Gasteiger charge is 1.97. The minimum atomic E-state index is -0.813. The molecule has 1 N–H and O–H groups in total. The Kier molecular flexibility index (Phi) is 11.7. The fraction of sp³-hybridized carbons (Fsp3) is 0.364. The highest BCUT2D eigenvalue weighted by molar-refractivity contribution is 5.70. The molecule has 0 aromatic heterocycles. The summed E-state index contributed by atoms with van der Waals surface area (Å²) in [6, 6.07) is 0. The molecule has 0 spiro atoms. The van der Waals surface area contributed by atoms with Crippen LogP contribution in [0.5, 0.6) is 0 Å². The van der Waals surface area contributed by atoms with Crippen LogP contribution in [0.15, 0.2) is 36.5 Å². The lowest BCUT2D eigenvalue weighted by Gasteiger charge is -1.93. The molecule has 0 aliphatic rings. The molecule has 0 aliphatic heterocycles. The van der Waals surface area contributed by atoms with E-state index in [1.165, 1.54) is 0 Å². The molecule has 0 saturated carbocycles. The van der Waals surface area contributed by atoms with Gasteiger partial charge in [0.15, 0.2) is 0 Å². The van der Waals surface area contributed by atoms with Gasteiger partial charge < -0.3 is 5.11 Å². The van der Waals surface area contributed by atoms with E-state index in [1.54, 1.807) is 24.3 Å². The first kappa shape index (κ1) is 14.2. The van der Waals surface area contributed by atoms with Crippen LogP contribution in [0.1, 0.15) is 27.2 Å². The monoisotopic (exact) mass is 182 g/mol. The average molecular weight is 182 g/mol. The van der Waals surface area contributed by atoms with E-state index in [-0.39, 0.29) is 6.42 Å². The molecule has 2 heteroatoms. The van der Waals surface area contributed by atoms with E-state index in [0.29, 0.717) is 0 Å². The molecule has 0 aromatic carbocycles. The summed E-state index contributed by atoms with van der Waals surface area (Å²) in [7, 11) is 0. The van der Waals surface area contributed by atoms with Crippen LogP contribution in [0.25, 0.3) is 0 Å². The zero-order chi connectivity index (χ0) is 10.7. The van der Waals surface area contributed by atoms with Crippen LogP contribution < -0.4 is 0 Å². The minimum absolute atomic E-state index is 0.0703. The van der Waals surface area contributed by atoms with E-state index in [0.717, 1.165) is 5.57 Å². The van der Waals surface area contributed by atoms with Crippen LogP contribution >= 0.6 is 0 Å². The Balaban J connectivity index is 0. The first-order valence-corrected chi connectivity index (χ1v) is 4.36. The number of allylic oxidation sites excluding steroid dienone is 4. The van der Waals surface area contributed by atoms with E-state index in [1.807, 2.05) is 20.8 Å². The molecule has 0 atom stereocenters. The van der Waals surface area contributed by atoms with E-state index >= 15 is 0 Å². The van der Waals surface area contributed by atoms with E-state index < -0.39 is 5.97 Å². The van der Waals surface area contributed by atoms with Crippen LogP contribution in [0.4, 0.5) is 0 Å². The molecule has 13 heavy (non-hydrogen) atoms. The number of rotatable bonds is 4. The van der Waals surface area contributed by atoms with Gasteiger partial charge in [-0.05, 0) is 12.5 Å². The van der Waals surface area contributed by atoms with Gasteiger partial charge in [0.25, 0.3) is 0 Å². The number of carbonyl (C=O) groups is 1. The summed E-state index contributed by atoms with van der Waals surface area (Å²) in [4.78, 5) is 10.2. The summed E-state index contributed by atoms with van der Waals surface area (Å²) >= 11 is 0. The highest BCUT2D eigenvalue weighted by Crippen LogP contribution is 2.02. The Hall–Kier alpha value is -1.31. The maximum absolute atomic E-state index is 10.2. The van der Waals surface area contributed by atoms with Gasteiger partial charge in [0.1, 0.15) is 0 Å². The third kappa shape index (κ3) is 10.7. The lowest BCUT2D eigenvalue weighted by Crippen LogP contribution is -1.94. The number of hydrogen-bond donors (Lipinski definition) is 1. The number of carboxylic acids is 1. The van der Waals surface area contributed by atoms with Gasteiger partial charge in [-0.2, -0.15) is 0 Å².